The lowest BCUT2D eigenvalue weighted by molar-refractivity contribution is 0.0496. The molecule has 0 bridgehead atoms. The van der Waals surface area contributed by atoms with Crippen molar-refractivity contribution in [3.8, 4) is 51.0 Å². The van der Waals surface area contributed by atoms with Crippen molar-refractivity contribution in [1.29, 1.82) is 0 Å². The van der Waals surface area contributed by atoms with Crippen LogP contribution < -0.4 is 30.9 Å². The maximum Gasteiger partial charge on any atom is 0.286 e. The van der Waals surface area contributed by atoms with Gasteiger partial charge in [-0.15, -0.1) is 11.6 Å². The Kier molecular flexibility index (Phi) is 34.2. The number of aryl methyl sites for hydroxylation is 3. The lowest BCUT2D eigenvalue weighted by Gasteiger charge is -2.14. The van der Waals surface area contributed by atoms with Crippen LogP contribution in [0.2, 0.25) is 0 Å². The molecule has 6 heterocycles. The van der Waals surface area contributed by atoms with Gasteiger partial charge in [0.15, 0.2) is 56.9 Å². The lowest BCUT2D eigenvalue weighted by Crippen LogP contribution is -2.23. The van der Waals surface area contributed by atoms with Gasteiger partial charge in [-0.3, -0.25) is 18.6 Å². The van der Waals surface area contributed by atoms with Gasteiger partial charge in [0.1, 0.15) is 17.5 Å². The number of hydrogen-bond acceptors (Lipinski definition) is 18. The summed E-state index contributed by atoms with van der Waals surface area (Å²) >= 11 is 10.6. The summed E-state index contributed by atoms with van der Waals surface area (Å²) in [6.07, 6.45) is 4.78. The molecule has 638 valence electrons. The smallest absolute Gasteiger partial charge is 0.286 e. The third-order valence-corrected chi connectivity index (χ3v) is 21.3. The largest absolute Gasteiger partial charge is 0.494 e. The summed E-state index contributed by atoms with van der Waals surface area (Å²) in [6.45, 7) is 10.6. The van der Waals surface area contributed by atoms with Gasteiger partial charge in [-0.2, -0.15) is 0 Å². The van der Waals surface area contributed by atoms with Gasteiger partial charge in [0.25, 0.3) is 16.7 Å². The van der Waals surface area contributed by atoms with Crippen LogP contribution in [0.5, 0.6) is 17.2 Å². The zero-order valence-corrected chi connectivity index (χ0v) is 70.2. The quantitative estimate of drug-likeness (QED) is 0.0183. The van der Waals surface area contributed by atoms with Crippen LogP contribution in [0.3, 0.4) is 0 Å². The number of aromatic nitrogens is 9. The van der Waals surface area contributed by atoms with Gasteiger partial charge >= 0.3 is 0 Å². The van der Waals surface area contributed by atoms with Crippen molar-refractivity contribution >= 4 is 44.5 Å². The van der Waals surface area contributed by atoms with Crippen molar-refractivity contribution in [2.75, 3.05) is 38.7 Å². The van der Waals surface area contributed by atoms with Gasteiger partial charge in [-0.25, -0.2) is 72.9 Å². The number of alkyl halides is 1. The number of sulfone groups is 1. The second-order valence-electron chi connectivity index (χ2n) is 27.6. The molecule has 12 aromatic rings. The zero-order chi connectivity index (χ0) is 87.8. The molecule has 0 aliphatic heterocycles. The minimum Gasteiger partial charge on any atom is -0.494 e. The number of ether oxygens (including phenoxy) is 6. The summed E-state index contributed by atoms with van der Waals surface area (Å²) in [5.41, 5.74) is 3.31. The standard InChI is InChI=1S/C29H28F3N3O5S.C29H28F3N3O4S.C18H15F2N3O2S.C11H14ClFO/c1-18-12-26(22-14-25(32)28(36)35(16-22)15-20-8-9-27(39-3)24(31)13-20)34-29(33-18)41(37,38)11-10-19(2)40-17-21-6-4-5-7-23(21)30;1-18-12-26(22-14-25(32)28(36)35(16-22)15-20-8-9-27(38-3)24(31)13-20)34-29(33-18)40(37)11-10-19(2)39-17-21-6-4-5-7-23(21)30;1-10-5-15(22-18(26)21-10)12-7-14(20)17(24)23(9-12)8-11-3-4-16(25-2)13(19)6-11;1-9(6-7-12)14-8-10-4-2-3-5-11(10)13/h4-9,12-14,16,19H,10-11,15,17H2,1-3H3;4-9,12-14,16,19H,10-11,15,17H2,1-3H3;3-7,9H,8H2,1-2H3,(H,21,22,26);2-5,9H,6-8H2,1H3. The first kappa shape index (κ1) is 93.5. The molecule has 4 unspecified atom stereocenters. The van der Waals surface area contributed by atoms with E-state index in [2.05, 4.69) is 29.9 Å². The second kappa shape index (κ2) is 44.3. The van der Waals surface area contributed by atoms with E-state index in [1.165, 1.54) is 105 Å². The molecule has 34 heteroatoms. The summed E-state index contributed by atoms with van der Waals surface area (Å²) in [5, 5.41) is -0.393. The van der Waals surface area contributed by atoms with Crippen LogP contribution >= 0.6 is 23.8 Å². The Hall–Kier alpha value is -11.3. The van der Waals surface area contributed by atoms with E-state index in [1.807, 2.05) is 6.92 Å². The fourth-order valence-corrected chi connectivity index (χ4v) is 14.7. The third kappa shape index (κ3) is 27.1. The lowest BCUT2D eigenvalue weighted by atomic mass is 10.1. The zero-order valence-electron chi connectivity index (χ0n) is 67.0. The van der Waals surface area contributed by atoms with Crippen molar-refractivity contribution in [1.82, 2.24) is 43.6 Å². The van der Waals surface area contributed by atoms with Crippen molar-refractivity contribution in [3.05, 3.63) is 321 Å². The Bertz CT molecular complexity index is 6030. The fraction of sp³-hybridized carbons (Fsp3) is 0.276. The maximum atomic E-state index is 14.7. The molecule has 0 amide bonds. The normalized spacial score (nSPS) is 12.2. The Labute approximate surface area is 704 Å². The minimum atomic E-state index is -3.98. The van der Waals surface area contributed by atoms with Crippen LogP contribution in [0, 0.1) is 77.9 Å². The molecular weight excluding hydrogens is 1670 g/mol. The third-order valence-electron chi connectivity index (χ3n) is 18.2. The van der Waals surface area contributed by atoms with Crippen LogP contribution in [0.4, 0.5) is 39.5 Å². The molecule has 0 saturated heterocycles. The molecule has 21 nitrogen and oxygen atoms in total. The number of methoxy groups -OCH3 is 3. The Balaban J connectivity index is 0.000000194. The molecular formula is C87H85ClF9N9O12S3. The number of benzene rings is 6. The number of halogens is 10. The van der Waals surface area contributed by atoms with E-state index in [0.29, 0.717) is 74.9 Å². The highest BCUT2D eigenvalue weighted by Crippen LogP contribution is 2.28. The number of aromatic amines is 1. The summed E-state index contributed by atoms with van der Waals surface area (Å²) in [7, 11) is -1.55. The molecule has 0 spiro atoms. The number of nitrogens with one attached hydrogen (secondary N) is 1. The van der Waals surface area contributed by atoms with Crippen LogP contribution in [-0.4, -0.2) is 113 Å². The molecule has 121 heavy (non-hydrogen) atoms. The number of pyridine rings is 3. The summed E-state index contributed by atoms with van der Waals surface area (Å²) in [4.78, 5) is 61.0. The van der Waals surface area contributed by atoms with E-state index < -0.39 is 89.3 Å². The molecule has 6 aromatic carbocycles. The van der Waals surface area contributed by atoms with Gasteiger partial charge in [-0.1, -0.05) is 72.8 Å². The van der Waals surface area contributed by atoms with Crippen molar-refractivity contribution in [2.24, 2.45) is 0 Å². The fourth-order valence-electron chi connectivity index (χ4n) is 11.7. The van der Waals surface area contributed by atoms with Crippen molar-refractivity contribution in [3.63, 3.8) is 0 Å². The number of rotatable bonds is 31. The van der Waals surface area contributed by atoms with Crippen LogP contribution in [0.1, 0.15) is 90.5 Å². The molecule has 12 rings (SSSR count). The van der Waals surface area contributed by atoms with Gasteiger partial charge < -0.3 is 47.1 Å². The highest BCUT2D eigenvalue weighted by Gasteiger charge is 2.24. The van der Waals surface area contributed by atoms with Gasteiger partial charge in [0.2, 0.25) is 20.2 Å². The first-order valence-electron chi connectivity index (χ1n) is 37.4. The van der Waals surface area contributed by atoms with Crippen LogP contribution in [-0.2, 0) is 74.3 Å². The SMILES string of the molecule is CC(CCCl)OCc1ccccc1F.COc1ccc(Cn2cc(-c3cc(C)[nH]c(=S)n3)cc(F)c2=O)cc1F.COc1ccc(Cn2cc(-c3cc(C)nc(S(=O)(=O)CCC(C)OCc4ccccc4F)n3)cc(F)c2=O)cc1F.COc1ccc(Cn2cc(-c3cc(C)nc(S(=O)CCC(C)OCc4ccccc4F)n3)cc(F)c2=O)cc1F. The first-order valence-corrected chi connectivity index (χ1v) is 41.3. The molecule has 0 aliphatic rings. The summed E-state index contributed by atoms with van der Waals surface area (Å²) in [6, 6.07) is 39.7. The molecule has 1 N–H and O–H groups in total. The van der Waals surface area contributed by atoms with Gasteiger partial charge in [-0.05, 0) is 181 Å². The van der Waals surface area contributed by atoms with Gasteiger partial charge in [0.05, 0.1) is 113 Å². The maximum absolute atomic E-state index is 14.7. The second-order valence-corrected chi connectivity index (χ2v) is 31.8. The molecule has 4 atom stereocenters. The molecule has 0 fully saturated rings. The molecule has 0 radical (unpaired) electrons. The molecule has 6 aromatic heterocycles. The number of H-pyrrole nitrogens is 1. The summed E-state index contributed by atoms with van der Waals surface area (Å²) in [5.74, 6) is -5.19. The molecule has 0 saturated carbocycles. The Morgan fingerprint density at radius 1 is 0.446 bits per heavy atom. The minimum absolute atomic E-state index is 0.00316. The number of nitrogens with zero attached hydrogens (tertiary/aromatic N) is 8. The van der Waals surface area contributed by atoms with E-state index in [4.69, 9.17) is 52.2 Å². The van der Waals surface area contributed by atoms with Crippen LogP contribution in [0.25, 0.3) is 33.8 Å². The average molecular weight is 1750 g/mol. The predicted octanol–water partition coefficient (Wildman–Crippen LogP) is 17.0. The Morgan fingerprint density at radius 3 is 1.18 bits per heavy atom. The van der Waals surface area contributed by atoms with Crippen molar-refractivity contribution < 1.29 is 80.6 Å². The first-order chi connectivity index (χ1) is 57.7. The Morgan fingerprint density at radius 2 is 0.810 bits per heavy atom. The highest BCUT2D eigenvalue weighted by molar-refractivity contribution is 7.91. The van der Waals surface area contributed by atoms with Gasteiger partial charge in [0, 0.05) is 80.7 Å². The summed E-state index contributed by atoms with van der Waals surface area (Å²) < 4.78 is 201. The van der Waals surface area contributed by atoms with E-state index in [-0.39, 0.29) is 124 Å². The predicted molar refractivity (Wildman–Crippen MR) is 443 cm³/mol. The van der Waals surface area contributed by atoms with E-state index in [1.54, 1.807) is 120 Å². The highest BCUT2D eigenvalue weighted by atomic mass is 35.5. The van der Waals surface area contributed by atoms with E-state index in [0.717, 1.165) is 39.4 Å². The number of hydrogen-bond donors (Lipinski definition) is 1. The monoisotopic (exact) mass is 1750 g/mol. The van der Waals surface area contributed by atoms with Crippen molar-refractivity contribution in [2.45, 2.75) is 129 Å². The molecule has 0 aliphatic carbocycles. The van der Waals surface area contributed by atoms with E-state index >= 15 is 0 Å². The average Bonchev–Trinajstić information content (AvgIpc) is 0.849. The topological polar surface area (TPSA) is 253 Å². The van der Waals surface area contributed by atoms with E-state index in [9.17, 15) is 66.5 Å². The van der Waals surface area contributed by atoms with Crippen LogP contribution in [0.15, 0.2) is 207 Å².